The first-order valence-electron chi connectivity index (χ1n) is 11.2. The summed E-state index contributed by atoms with van der Waals surface area (Å²) >= 11 is 0. The van der Waals surface area contributed by atoms with Gasteiger partial charge in [-0.25, -0.2) is 0 Å². The van der Waals surface area contributed by atoms with Crippen LogP contribution in [0.2, 0.25) is 0 Å². The molecule has 1 heterocycles. The molecule has 0 aromatic heterocycles. The highest BCUT2D eigenvalue weighted by atomic mass is 16.5. The molecular formula is C27H33NO4. The SMILES string of the molecule is CC(C)OCCCN1C(=O)C(=O)C(=C(O)c2ccccc2)[C@@H]1c1ccc(C(C)(C)C)cc1. The molecule has 3 rings (SSSR count). The molecule has 2 aromatic carbocycles. The molecule has 0 radical (unpaired) electrons. The van der Waals surface area contributed by atoms with Gasteiger partial charge in [-0.05, 0) is 36.8 Å². The van der Waals surface area contributed by atoms with E-state index in [2.05, 4.69) is 20.8 Å². The molecule has 0 saturated carbocycles. The van der Waals surface area contributed by atoms with E-state index in [9.17, 15) is 14.7 Å². The van der Waals surface area contributed by atoms with Gasteiger partial charge in [-0.15, -0.1) is 0 Å². The molecule has 1 amide bonds. The summed E-state index contributed by atoms with van der Waals surface area (Å²) in [6.45, 7) is 11.2. The second kappa shape index (κ2) is 9.70. The molecule has 1 saturated heterocycles. The largest absolute Gasteiger partial charge is 0.507 e. The number of aliphatic hydroxyl groups excluding tert-OH is 1. The van der Waals surface area contributed by atoms with E-state index in [4.69, 9.17) is 4.74 Å². The molecule has 5 heteroatoms. The van der Waals surface area contributed by atoms with Crippen LogP contribution in [0.4, 0.5) is 0 Å². The average molecular weight is 436 g/mol. The third-order valence-electron chi connectivity index (χ3n) is 5.67. The number of nitrogens with zero attached hydrogens (tertiary/aromatic N) is 1. The van der Waals surface area contributed by atoms with Gasteiger partial charge in [-0.2, -0.15) is 0 Å². The number of benzene rings is 2. The maximum Gasteiger partial charge on any atom is 0.295 e. The summed E-state index contributed by atoms with van der Waals surface area (Å²) in [5, 5.41) is 11.0. The molecule has 2 aromatic rings. The molecule has 0 unspecified atom stereocenters. The van der Waals surface area contributed by atoms with Crippen molar-refractivity contribution < 1.29 is 19.4 Å². The third-order valence-corrected chi connectivity index (χ3v) is 5.67. The Balaban J connectivity index is 2.03. The van der Waals surface area contributed by atoms with Crippen molar-refractivity contribution in [3.63, 3.8) is 0 Å². The summed E-state index contributed by atoms with van der Waals surface area (Å²) in [7, 11) is 0. The Morgan fingerprint density at radius 3 is 2.22 bits per heavy atom. The molecule has 1 atom stereocenters. The molecule has 170 valence electrons. The van der Waals surface area contributed by atoms with Crippen LogP contribution in [0.1, 0.15) is 63.8 Å². The van der Waals surface area contributed by atoms with Crippen molar-refractivity contribution in [2.75, 3.05) is 13.2 Å². The summed E-state index contributed by atoms with van der Waals surface area (Å²) in [5.41, 5.74) is 2.60. The number of hydrogen-bond acceptors (Lipinski definition) is 4. The summed E-state index contributed by atoms with van der Waals surface area (Å²) in [5.74, 6) is -1.38. The smallest absolute Gasteiger partial charge is 0.295 e. The van der Waals surface area contributed by atoms with E-state index in [1.54, 1.807) is 29.2 Å². The first-order chi connectivity index (χ1) is 15.1. The Morgan fingerprint density at radius 1 is 1.03 bits per heavy atom. The number of ether oxygens (including phenoxy) is 1. The van der Waals surface area contributed by atoms with Crippen LogP contribution in [0.15, 0.2) is 60.2 Å². The molecule has 0 aliphatic carbocycles. The first kappa shape index (κ1) is 23.7. The fourth-order valence-electron chi connectivity index (χ4n) is 3.93. The van der Waals surface area contributed by atoms with Crippen molar-refractivity contribution in [2.45, 2.75) is 58.6 Å². The van der Waals surface area contributed by atoms with E-state index in [-0.39, 0.29) is 22.9 Å². The average Bonchev–Trinajstić information content (AvgIpc) is 3.01. The van der Waals surface area contributed by atoms with E-state index >= 15 is 0 Å². The number of aliphatic hydroxyl groups is 1. The standard InChI is InChI=1S/C27H33NO4/c1-18(2)32-17-9-16-28-23(19-12-14-21(15-13-19)27(3,4)5)22(25(30)26(28)31)24(29)20-10-7-6-8-11-20/h6-8,10-15,18,23,29H,9,16-17H2,1-5H3/t23-/m0/s1. The van der Waals surface area contributed by atoms with E-state index < -0.39 is 17.7 Å². The van der Waals surface area contributed by atoms with Gasteiger partial charge in [0.15, 0.2) is 0 Å². The third kappa shape index (κ3) is 5.10. The zero-order valence-electron chi connectivity index (χ0n) is 19.6. The van der Waals surface area contributed by atoms with Gasteiger partial charge in [0.2, 0.25) is 0 Å². The Kier molecular flexibility index (Phi) is 7.19. The van der Waals surface area contributed by atoms with E-state index in [1.807, 2.05) is 44.2 Å². The fourth-order valence-corrected chi connectivity index (χ4v) is 3.93. The number of amides is 1. The van der Waals surface area contributed by atoms with Crippen molar-refractivity contribution in [1.82, 2.24) is 4.90 Å². The predicted octanol–water partition coefficient (Wildman–Crippen LogP) is 5.22. The molecule has 1 aliphatic rings. The minimum atomic E-state index is -0.652. The highest BCUT2D eigenvalue weighted by Crippen LogP contribution is 2.40. The van der Waals surface area contributed by atoms with Gasteiger partial charge in [-0.1, -0.05) is 75.4 Å². The van der Waals surface area contributed by atoms with Gasteiger partial charge >= 0.3 is 0 Å². The summed E-state index contributed by atoms with van der Waals surface area (Å²) < 4.78 is 5.62. The molecule has 1 fully saturated rings. The Labute approximate surface area is 190 Å². The molecule has 1 aliphatic heterocycles. The molecule has 32 heavy (non-hydrogen) atoms. The van der Waals surface area contributed by atoms with Gasteiger partial charge in [-0.3, -0.25) is 9.59 Å². The Hall–Kier alpha value is -2.92. The number of hydrogen-bond donors (Lipinski definition) is 1. The number of rotatable bonds is 7. The Morgan fingerprint density at radius 2 is 1.66 bits per heavy atom. The van der Waals surface area contributed by atoms with Crippen molar-refractivity contribution in [2.24, 2.45) is 0 Å². The number of carbonyl (C=O) groups excluding carboxylic acids is 2. The molecule has 5 nitrogen and oxygen atoms in total. The lowest BCUT2D eigenvalue weighted by Crippen LogP contribution is -2.31. The second-order valence-electron chi connectivity index (χ2n) is 9.50. The lowest BCUT2D eigenvalue weighted by Gasteiger charge is -2.26. The maximum atomic E-state index is 13.0. The highest BCUT2D eigenvalue weighted by Gasteiger charge is 2.45. The van der Waals surface area contributed by atoms with Crippen molar-refractivity contribution in [3.05, 3.63) is 76.9 Å². The number of carbonyl (C=O) groups is 2. The van der Waals surface area contributed by atoms with Crippen LogP contribution in [0.5, 0.6) is 0 Å². The summed E-state index contributed by atoms with van der Waals surface area (Å²) in [4.78, 5) is 27.6. The van der Waals surface area contributed by atoms with Gasteiger partial charge in [0.1, 0.15) is 5.76 Å². The van der Waals surface area contributed by atoms with Gasteiger partial charge < -0.3 is 14.7 Å². The minimum absolute atomic E-state index is 0.0153. The van der Waals surface area contributed by atoms with E-state index in [0.717, 1.165) is 11.1 Å². The summed E-state index contributed by atoms with van der Waals surface area (Å²) in [6, 6.07) is 16.2. The zero-order chi connectivity index (χ0) is 23.5. The van der Waals surface area contributed by atoms with E-state index in [0.29, 0.717) is 25.1 Å². The van der Waals surface area contributed by atoms with Crippen molar-refractivity contribution >= 4 is 17.4 Å². The van der Waals surface area contributed by atoms with Gasteiger partial charge in [0.25, 0.3) is 11.7 Å². The quantitative estimate of drug-likeness (QED) is 0.280. The van der Waals surface area contributed by atoms with Crippen molar-refractivity contribution in [1.29, 1.82) is 0 Å². The lowest BCUT2D eigenvalue weighted by atomic mass is 9.85. The number of ketones is 1. The molecule has 0 spiro atoms. The normalized spacial score (nSPS) is 18.6. The number of likely N-dealkylation sites (tertiary alicyclic amines) is 1. The fraction of sp³-hybridized carbons (Fsp3) is 0.407. The zero-order valence-corrected chi connectivity index (χ0v) is 19.6. The first-order valence-corrected chi connectivity index (χ1v) is 11.2. The minimum Gasteiger partial charge on any atom is -0.507 e. The molecular weight excluding hydrogens is 402 g/mol. The van der Waals surface area contributed by atoms with Crippen molar-refractivity contribution in [3.8, 4) is 0 Å². The highest BCUT2D eigenvalue weighted by molar-refractivity contribution is 6.46. The predicted molar refractivity (Wildman–Crippen MR) is 126 cm³/mol. The van der Waals surface area contributed by atoms with Crippen LogP contribution >= 0.6 is 0 Å². The lowest BCUT2D eigenvalue weighted by molar-refractivity contribution is -0.140. The van der Waals surface area contributed by atoms with Crippen LogP contribution < -0.4 is 0 Å². The molecule has 1 N–H and O–H groups in total. The van der Waals surface area contributed by atoms with Crippen LogP contribution in [-0.4, -0.2) is 41.0 Å². The number of Topliss-reactive ketones (excluding diaryl/α,β-unsaturated/α-hetero) is 1. The van der Waals surface area contributed by atoms with Crippen LogP contribution in [0.25, 0.3) is 5.76 Å². The second-order valence-corrected chi connectivity index (χ2v) is 9.50. The van der Waals surface area contributed by atoms with Crippen LogP contribution in [0.3, 0.4) is 0 Å². The summed E-state index contributed by atoms with van der Waals surface area (Å²) in [6.07, 6.45) is 0.705. The van der Waals surface area contributed by atoms with Crippen LogP contribution in [0, 0.1) is 0 Å². The molecule has 0 bridgehead atoms. The van der Waals surface area contributed by atoms with E-state index in [1.165, 1.54) is 0 Å². The topological polar surface area (TPSA) is 66.8 Å². The van der Waals surface area contributed by atoms with Gasteiger partial charge in [0, 0.05) is 18.7 Å². The van der Waals surface area contributed by atoms with Crippen LogP contribution in [-0.2, 0) is 19.7 Å². The maximum absolute atomic E-state index is 13.0. The monoisotopic (exact) mass is 435 g/mol. The van der Waals surface area contributed by atoms with Gasteiger partial charge in [0.05, 0.1) is 17.7 Å². The Bertz CT molecular complexity index is 985.